The molecule has 5 aromatic rings. The summed E-state index contributed by atoms with van der Waals surface area (Å²) in [6.45, 7) is 4.22. The molecule has 0 fully saturated rings. The van der Waals surface area contributed by atoms with E-state index in [1.165, 1.54) is 0 Å². The SMILES string of the molecule is CC(C)C(=O)Nc1cncc(-c2cnc3c(c2)C(c2nc4c(-c5cccnc5)cccc4[nH]2)=NNC3)c1. The molecule has 4 aromatic heterocycles. The lowest BCUT2D eigenvalue weighted by Gasteiger charge is -2.17. The number of benzene rings is 1. The molecular weight excluding hydrogens is 464 g/mol. The summed E-state index contributed by atoms with van der Waals surface area (Å²) in [4.78, 5) is 33.8. The molecule has 6 rings (SSSR count). The number of anilines is 1. The third kappa shape index (κ3) is 4.31. The summed E-state index contributed by atoms with van der Waals surface area (Å²) in [6, 6.07) is 13.9. The number of imidazole rings is 1. The Morgan fingerprint density at radius 1 is 0.946 bits per heavy atom. The molecule has 1 aliphatic heterocycles. The molecule has 9 nitrogen and oxygen atoms in total. The number of nitrogens with one attached hydrogen (secondary N) is 3. The normalized spacial score (nSPS) is 12.7. The Morgan fingerprint density at radius 3 is 2.65 bits per heavy atom. The first-order valence-electron chi connectivity index (χ1n) is 12.0. The molecule has 3 N–H and O–H groups in total. The Labute approximate surface area is 213 Å². The third-order valence-electron chi connectivity index (χ3n) is 6.24. The number of rotatable bonds is 5. The van der Waals surface area contributed by atoms with Gasteiger partial charge < -0.3 is 15.7 Å². The minimum Gasteiger partial charge on any atom is -0.337 e. The van der Waals surface area contributed by atoms with Crippen molar-refractivity contribution in [1.82, 2.24) is 30.3 Å². The van der Waals surface area contributed by atoms with Crippen molar-refractivity contribution in [3.05, 3.63) is 90.5 Å². The number of fused-ring (bicyclic) bond motifs is 2. The molecule has 5 heterocycles. The quantitative estimate of drug-likeness (QED) is 0.334. The summed E-state index contributed by atoms with van der Waals surface area (Å²) in [5.74, 6) is 0.469. The van der Waals surface area contributed by atoms with Gasteiger partial charge in [0, 0.05) is 58.5 Å². The molecule has 0 saturated heterocycles. The van der Waals surface area contributed by atoms with Gasteiger partial charge in [-0.05, 0) is 24.3 Å². The first-order chi connectivity index (χ1) is 18.1. The number of hydrogen-bond donors (Lipinski definition) is 3. The van der Waals surface area contributed by atoms with Crippen LogP contribution in [0.5, 0.6) is 0 Å². The van der Waals surface area contributed by atoms with Gasteiger partial charge in [-0.2, -0.15) is 5.10 Å². The highest BCUT2D eigenvalue weighted by molar-refractivity contribution is 6.13. The van der Waals surface area contributed by atoms with Crippen LogP contribution in [0.1, 0.15) is 30.9 Å². The van der Waals surface area contributed by atoms with Crippen LogP contribution in [0, 0.1) is 5.92 Å². The highest BCUT2D eigenvalue weighted by Gasteiger charge is 2.22. The van der Waals surface area contributed by atoms with E-state index in [1.54, 1.807) is 18.6 Å². The van der Waals surface area contributed by atoms with Gasteiger partial charge in [-0.1, -0.05) is 32.0 Å². The molecule has 0 saturated carbocycles. The van der Waals surface area contributed by atoms with E-state index in [1.807, 2.05) is 68.7 Å². The van der Waals surface area contributed by atoms with Gasteiger partial charge in [0.2, 0.25) is 5.91 Å². The second-order valence-corrected chi connectivity index (χ2v) is 9.15. The van der Waals surface area contributed by atoms with E-state index in [0.29, 0.717) is 23.8 Å². The minimum absolute atomic E-state index is 0.0569. The lowest BCUT2D eigenvalue weighted by Crippen LogP contribution is -2.23. The van der Waals surface area contributed by atoms with Crippen molar-refractivity contribution in [2.45, 2.75) is 20.4 Å². The second-order valence-electron chi connectivity index (χ2n) is 9.15. The second kappa shape index (κ2) is 9.27. The zero-order valence-corrected chi connectivity index (χ0v) is 20.4. The number of para-hydroxylation sites is 1. The minimum atomic E-state index is -0.122. The highest BCUT2D eigenvalue weighted by atomic mass is 16.1. The Kier molecular flexibility index (Phi) is 5.65. The number of nitrogens with zero attached hydrogens (tertiary/aromatic N) is 5. The topological polar surface area (TPSA) is 121 Å². The molecular formula is C28H24N8O. The van der Waals surface area contributed by atoms with Crippen LogP contribution in [0.3, 0.4) is 0 Å². The predicted molar refractivity (Wildman–Crippen MR) is 143 cm³/mol. The predicted octanol–water partition coefficient (Wildman–Crippen LogP) is 4.53. The smallest absolute Gasteiger partial charge is 0.226 e. The maximum absolute atomic E-state index is 12.2. The van der Waals surface area contributed by atoms with Crippen LogP contribution in [-0.2, 0) is 11.3 Å². The lowest BCUT2D eigenvalue weighted by molar-refractivity contribution is -0.118. The monoisotopic (exact) mass is 488 g/mol. The number of carbonyl (C=O) groups is 1. The fourth-order valence-electron chi connectivity index (χ4n) is 4.28. The molecule has 0 radical (unpaired) electrons. The first-order valence-corrected chi connectivity index (χ1v) is 12.0. The Morgan fingerprint density at radius 2 is 1.81 bits per heavy atom. The maximum atomic E-state index is 12.2. The number of pyridine rings is 3. The summed E-state index contributed by atoms with van der Waals surface area (Å²) < 4.78 is 0. The molecule has 37 heavy (non-hydrogen) atoms. The Hall–Kier alpha value is -4.92. The van der Waals surface area contributed by atoms with E-state index in [9.17, 15) is 4.79 Å². The van der Waals surface area contributed by atoms with Gasteiger partial charge in [0.15, 0.2) is 5.82 Å². The number of amides is 1. The van der Waals surface area contributed by atoms with E-state index < -0.39 is 0 Å². The van der Waals surface area contributed by atoms with Gasteiger partial charge >= 0.3 is 0 Å². The van der Waals surface area contributed by atoms with Crippen LogP contribution < -0.4 is 10.7 Å². The zero-order valence-electron chi connectivity index (χ0n) is 20.4. The van der Waals surface area contributed by atoms with Crippen LogP contribution in [0.15, 0.2) is 78.6 Å². The number of hydrazone groups is 1. The van der Waals surface area contributed by atoms with Crippen LogP contribution in [0.4, 0.5) is 5.69 Å². The molecule has 0 aliphatic carbocycles. The summed E-state index contributed by atoms with van der Waals surface area (Å²) >= 11 is 0. The van der Waals surface area contributed by atoms with Crippen molar-refractivity contribution in [2.24, 2.45) is 11.0 Å². The standard InChI is InChI=1S/C28H24N8O/c1-16(2)28(37)33-20-9-18(12-30-14-20)19-10-22-24(31-13-19)15-32-36-26(22)27-34-23-7-3-6-21(25(23)35-27)17-5-4-8-29-11-17/h3-14,16,32H,15H2,1-2H3,(H,33,37)(H,34,35). The summed E-state index contributed by atoms with van der Waals surface area (Å²) in [5.41, 5.74) is 11.6. The number of carbonyl (C=O) groups excluding carboxylic acids is 1. The third-order valence-corrected chi connectivity index (χ3v) is 6.24. The van der Waals surface area contributed by atoms with E-state index in [0.717, 1.165) is 44.5 Å². The zero-order chi connectivity index (χ0) is 25.4. The van der Waals surface area contributed by atoms with Crippen molar-refractivity contribution < 1.29 is 4.79 Å². The molecule has 1 aliphatic rings. The van der Waals surface area contributed by atoms with Crippen molar-refractivity contribution >= 4 is 28.3 Å². The number of H-pyrrole nitrogens is 1. The van der Waals surface area contributed by atoms with Crippen LogP contribution in [0.25, 0.3) is 33.3 Å². The summed E-state index contributed by atoms with van der Waals surface area (Å²) in [6.07, 6.45) is 8.80. The highest BCUT2D eigenvalue weighted by Crippen LogP contribution is 2.29. The molecule has 1 amide bonds. The molecule has 0 bridgehead atoms. The number of aromatic nitrogens is 5. The Balaban J connectivity index is 1.39. The van der Waals surface area contributed by atoms with Gasteiger partial charge in [0.05, 0.1) is 35.2 Å². The van der Waals surface area contributed by atoms with Crippen LogP contribution >= 0.6 is 0 Å². The van der Waals surface area contributed by atoms with Gasteiger partial charge in [0.25, 0.3) is 0 Å². The van der Waals surface area contributed by atoms with Gasteiger partial charge in [0.1, 0.15) is 5.71 Å². The van der Waals surface area contributed by atoms with Crippen molar-refractivity contribution in [3.8, 4) is 22.3 Å². The molecule has 182 valence electrons. The number of hydrogen-bond acceptors (Lipinski definition) is 7. The van der Waals surface area contributed by atoms with E-state index >= 15 is 0 Å². The van der Waals surface area contributed by atoms with Gasteiger partial charge in [-0.3, -0.25) is 19.7 Å². The first kappa shape index (κ1) is 22.5. The molecule has 0 unspecified atom stereocenters. The average molecular weight is 489 g/mol. The summed E-state index contributed by atoms with van der Waals surface area (Å²) in [5, 5.41) is 7.50. The van der Waals surface area contributed by atoms with Crippen molar-refractivity contribution in [1.29, 1.82) is 0 Å². The lowest BCUT2D eigenvalue weighted by atomic mass is 10.0. The van der Waals surface area contributed by atoms with Crippen molar-refractivity contribution in [2.75, 3.05) is 5.32 Å². The molecule has 9 heteroatoms. The maximum Gasteiger partial charge on any atom is 0.226 e. The fourth-order valence-corrected chi connectivity index (χ4v) is 4.28. The fraction of sp³-hybridized carbons (Fsp3) is 0.143. The number of aromatic amines is 1. The molecule has 0 atom stereocenters. The van der Waals surface area contributed by atoms with Gasteiger partial charge in [-0.25, -0.2) is 4.98 Å². The molecule has 0 spiro atoms. The van der Waals surface area contributed by atoms with Crippen LogP contribution in [-0.4, -0.2) is 36.5 Å². The van der Waals surface area contributed by atoms with Crippen LogP contribution in [0.2, 0.25) is 0 Å². The summed E-state index contributed by atoms with van der Waals surface area (Å²) in [7, 11) is 0. The van der Waals surface area contributed by atoms with E-state index in [-0.39, 0.29) is 11.8 Å². The van der Waals surface area contributed by atoms with E-state index in [4.69, 9.17) is 9.97 Å². The van der Waals surface area contributed by atoms with Gasteiger partial charge in [-0.15, -0.1) is 0 Å². The molecule has 1 aromatic carbocycles. The average Bonchev–Trinajstić information content (AvgIpc) is 3.37. The Bertz CT molecular complexity index is 1660. The largest absolute Gasteiger partial charge is 0.337 e. The van der Waals surface area contributed by atoms with Crippen molar-refractivity contribution in [3.63, 3.8) is 0 Å². The van der Waals surface area contributed by atoms with E-state index in [2.05, 4.69) is 30.8 Å².